The van der Waals surface area contributed by atoms with Gasteiger partial charge in [0.1, 0.15) is 11.6 Å². The van der Waals surface area contributed by atoms with Crippen molar-refractivity contribution in [2.45, 2.75) is 0 Å². The highest BCUT2D eigenvalue weighted by atomic mass is 19.1. The first-order chi connectivity index (χ1) is 18.5. The van der Waals surface area contributed by atoms with Crippen LogP contribution in [-0.2, 0) is 0 Å². The maximum Gasteiger partial charge on any atom is 0.161 e. The minimum Gasteiger partial charge on any atom is -0.493 e. The van der Waals surface area contributed by atoms with Crippen molar-refractivity contribution in [1.29, 1.82) is 0 Å². The van der Waals surface area contributed by atoms with E-state index >= 15 is 8.78 Å². The maximum absolute atomic E-state index is 15.9. The molecule has 4 nitrogen and oxygen atoms in total. The molecule has 0 radical (unpaired) electrons. The Morgan fingerprint density at radius 1 is 0.421 bits per heavy atom. The second-order valence-electron chi connectivity index (χ2n) is 8.60. The van der Waals surface area contributed by atoms with E-state index in [1.165, 1.54) is 19.2 Å². The predicted octanol–water partition coefficient (Wildman–Crippen LogP) is 8.11. The molecule has 2 aliphatic rings. The molecule has 0 spiro atoms. The number of hydrogen-bond acceptors (Lipinski definition) is 4. The molecule has 0 unspecified atom stereocenters. The van der Waals surface area contributed by atoms with Crippen molar-refractivity contribution >= 4 is 0 Å². The summed E-state index contributed by atoms with van der Waals surface area (Å²) in [5.41, 5.74) is 4.50. The van der Waals surface area contributed by atoms with Gasteiger partial charge in [0.15, 0.2) is 23.0 Å². The molecule has 3 aromatic rings. The molecule has 0 amide bonds. The normalized spacial score (nSPS) is 10.9. The first kappa shape index (κ1) is 25.1. The Labute approximate surface area is 220 Å². The van der Waals surface area contributed by atoms with Gasteiger partial charge in [-0.2, -0.15) is 0 Å². The molecule has 0 bridgehead atoms. The van der Waals surface area contributed by atoms with E-state index in [4.69, 9.17) is 18.9 Å². The lowest BCUT2D eigenvalue weighted by molar-refractivity contribution is 0.355. The third kappa shape index (κ3) is 4.18. The Kier molecular flexibility index (Phi) is 6.88. The average Bonchev–Trinajstić information content (AvgIpc) is 3.17. The van der Waals surface area contributed by atoms with Crippen molar-refractivity contribution in [3.63, 3.8) is 0 Å². The van der Waals surface area contributed by atoms with Gasteiger partial charge in [0.2, 0.25) is 0 Å². The average molecular weight is 513 g/mol. The van der Waals surface area contributed by atoms with Gasteiger partial charge >= 0.3 is 0 Å². The quantitative estimate of drug-likeness (QED) is 0.221. The number of rotatable bonds is 7. The lowest BCUT2D eigenvalue weighted by Gasteiger charge is -2.14. The highest BCUT2D eigenvalue weighted by Crippen LogP contribution is 2.54. The van der Waals surface area contributed by atoms with E-state index in [1.807, 2.05) is 24.3 Å². The van der Waals surface area contributed by atoms with Crippen LogP contribution in [0.25, 0.3) is 44.5 Å². The van der Waals surface area contributed by atoms with Crippen LogP contribution in [0, 0.1) is 11.6 Å². The van der Waals surface area contributed by atoms with Crippen LogP contribution < -0.4 is 18.9 Å². The molecule has 0 N–H and O–H groups in total. The fraction of sp³-hybridized carbons (Fsp3) is 0.125. The summed E-state index contributed by atoms with van der Waals surface area (Å²) in [6.45, 7) is 0. The fourth-order valence-corrected chi connectivity index (χ4v) is 4.94. The van der Waals surface area contributed by atoms with Crippen LogP contribution in [0.1, 0.15) is 0 Å². The third-order valence-electron chi connectivity index (χ3n) is 6.63. The van der Waals surface area contributed by atoms with Crippen LogP contribution in [0.15, 0.2) is 84.9 Å². The Bertz CT molecular complexity index is 1600. The van der Waals surface area contributed by atoms with Crippen LogP contribution in [0.3, 0.4) is 0 Å². The van der Waals surface area contributed by atoms with E-state index in [2.05, 4.69) is 0 Å². The minimum absolute atomic E-state index is 0.348. The molecule has 0 aromatic heterocycles. The Hall–Kier alpha value is -4.58. The number of fused-ring (bicyclic) bond motifs is 1. The molecule has 0 heterocycles. The summed E-state index contributed by atoms with van der Waals surface area (Å²) in [7, 11) is 6.20. The lowest BCUT2D eigenvalue weighted by atomic mass is 9.92. The van der Waals surface area contributed by atoms with E-state index in [-0.39, 0.29) is 0 Å². The fourth-order valence-electron chi connectivity index (χ4n) is 4.94. The monoisotopic (exact) mass is 512 g/mol. The first-order valence-electron chi connectivity index (χ1n) is 12.0. The van der Waals surface area contributed by atoms with Gasteiger partial charge < -0.3 is 18.9 Å². The van der Waals surface area contributed by atoms with Gasteiger partial charge in [-0.1, -0.05) is 48.5 Å². The number of hydrogen-bond donors (Lipinski definition) is 0. The minimum atomic E-state index is -0.431. The topological polar surface area (TPSA) is 36.9 Å². The van der Waals surface area contributed by atoms with Crippen molar-refractivity contribution in [1.82, 2.24) is 0 Å². The summed E-state index contributed by atoms with van der Waals surface area (Å²) in [6, 6.07) is 24.0. The smallest absolute Gasteiger partial charge is 0.161 e. The number of methoxy groups -OCH3 is 4. The molecule has 192 valence electrons. The Balaban J connectivity index is 1.97. The number of ether oxygens (including phenoxy) is 4. The van der Waals surface area contributed by atoms with Gasteiger partial charge in [-0.05, 0) is 58.7 Å². The van der Waals surface area contributed by atoms with Crippen LogP contribution in [0.2, 0.25) is 0 Å². The maximum atomic E-state index is 15.9. The van der Waals surface area contributed by atoms with E-state index < -0.39 is 11.6 Å². The van der Waals surface area contributed by atoms with E-state index in [1.54, 1.807) is 69.9 Å². The van der Waals surface area contributed by atoms with Crippen molar-refractivity contribution in [3.8, 4) is 67.5 Å². The predicted molar refractivity (Wildman–Crippen MR) is 145 cm³/mol. The number of halogens is 2. The number of benzene rings is 3. The highest BCUT2D eigenvalue weighted by molar-refractivity contribution is 6.11. The molecule has 0 saturated heterocycles. The summed E-state index contributed by atoms with van der Waals surface area (Å²) in [6.07, 6.45) is 0. The molecule has 0 saturated carbocycles. The van der Waals surface area contributed by atoms with Crippen LogP contribution in [0.4, 0.5) is 8.78 Å². The molecule has 0 aliphatic heterocycles. The molecule has 6 heteroatoms. The van der Waals surface area contributed by atoms with Gasteiger partial charge in [0, 0.05) is 22.3 Å². The zero-order valence-corrected chi connectivity index (χ0v) is 21.5. The lowest BCUT2D eigenvalue weighted by Crippen LogP contribution is -1.93. The van der Waals surface area contributed by atoms with Gasteiger partial charge in [0.05, 0.1) is 28.4 Å². The summed E-state index contributed by atoms with van der Waals surface area (Å²) in [5, 5.41) is 0. The van der Waals surface area contributed by atoms with Crippen molar-refractivity contribution in [2.75, 3.05) is 28.4 Å². The van der Waals surface area contributed by atoms with Crippen LogP contribution in [0.5, 0.6) is 23.0 Å². The summed E-state index contributed by atoms with van der Waals surface area (Å²) in [5.74, 6) is 1.22. The molecule has 0 fully saturated rings. The van der Waals surface area contributed by atoms with Crippen LogP contribution in [-0.4, -0.2) is 28.4 Å². The molecule has 5 rings (SSSR count). The standard InChI is InChI=1S/C32H26F2O4/c1-35-25-15-13-19(17-27(25)37-3)29-22-10-6-8-12-24(34)31(22)30(32(29)21-9-5-7-11-23(21)33)20-14-16-26(36-2)28(18-20)38-4/h5-18H,1-4H3. The van der Waals surface area contributed by atoms with E-state index in [9.17, 15) is 0 Å². The van der Waals surface area contributed by atoms with Crippen molar-refractivity contribution in [3.05, 3.63) is 96.6 Å². The molecular formula is C32H26F2O4. The summed E-state index contributed by atoms with van der Waals surface area (Å²) >= 11 is 0. The van der Waals surface area contributed by atoms with Crippen molar-refractivity contribution in [2.24, 2.45) is 0 Å². The largest absolute Gasteiger partial charge is 0.493 e. The van der Waals surface area contributed by atoms with Gasteiger partial charge in [-0.25, -0.2) is 8.78 Å². The second kappa shape index (κ2) is 10.4. The molecule has 0 atom stereocenters. The zero-order chi connectivity index (χ0) is 26.8. The van der Waals surface area contributed by atoms with Gasteiger partial charge in [-0.3, -0.25) is 0 Å². The zero-order valence-electron chi connectivity index (χ0n) is 21.5. The first-order valence-corrected chi connectivity index (χ1v) is 12.0. The molecule has 3 aromatic carbocycles. The van der Waals surface area contributed by atoms with Crippen molar-refractivity contribution < 1.29 is 27.7 Å². The summed E-state index contributed by atoms with van der Waals surface area (Å²) < 4.78 is 53.4. The third-order valence-corrected chi connectivity index (χ3v) is 6.63. The molecular weight excluding hydrogens is 486 g/mol. The second-order valence-corrected chi connectivity index (χ2v) is 8.60. The SMILES string of the molecule is COc1ccc(-c2c3ccccc(F)c-3c(-c3ccc(OC)c(OC)c3)c2-c2ccccc2F)cc1OC. The van der Waals surface area contributed by atoms with E-state index in [0.29, 0.717) is 61.9 Å². The molecule has 38 heavy (non-hydrogen) atoms. The Morgan fingerprint density at radius 3 is 1.42 bits per heavy atom. The van der Waals surface area contributed by atoms with E-state index in [0.717, 1.165) is 5.56 Å². The molecule has 2 aliphatic carbocycles. The Morgan fingerprint density at radius 2 is 0.895 bits per heavy atom. The van der Waals surface area contributed by atoms with Gasteiger partial charge in [-0.15, -0.1) is 0 Å². The van der Waals surface area contributed by atoms with Gasteiger partial charge in [0.25, 0.3) is 0 Å². The highest BCUT2D eigenvalue weighted by Gasteiger charge is 2.30. The van der Waals surface area contributed by atoms with Crippen LogP contribution >= 0.6 is 0 Å². The summed E-state index contributed by atoms with van der Waals surface area (Å²) in [4.78, 5) is 0.